The maximum absolute atomic E-state index is 5.87. The van der Waals surface area contributed by atoms with Crippen LogP contribution in [0, 0.1) is 6.92 Å². The molecule has 0 saturated carbocycles. The molecule has 2 aromatic carbocycles. The second kappa shape index (κ2) is 7.01. The molecule has 1 heterocycles. The molecule has 4 heteroatoms. The summed E-state index contributed by atoms with van der Waals surface area (Å²) in [6.45, 7) is 3.61. The van der Waals surface area contributed by atoms with Crippen LogP contribution < -0.4 is 10.5 Å². The van der Waals surface area contributed by atoms with Gasteiger partial charge in [0.1, 0.15) is 5.75 Å². The van der Waals surface area contributed by atoms with Gasteiger partial charge in [-0.25, -0.2) is 4.98 Å². The zero-order chi connectivity index (χ0) is 16.1. The molecule has 0 aliphatic rings. The smallest absolute Gasteiger partial charge is 0.142 e. The molecule has 0 aliphatic heterocycles. The van der Waals surface area contributed by atoms with E-state index in [-0.39, 0.29) is 0 Å². The minimum atomic E-state index is 0.631. The predicted molar refractivity (Wildman–Crippen MR) is 93.4 cm³/mol. The molecule has 0 spiro atoms. The average molecular weight is 307 g/mol. The van der Waals surface area contributed by atoms with Crippen LogP contribution in [0.1, 0.15) is 12.1 Å². The van der Waals surface area contributed by atoms with Gasteiger partial charge in [0.2, 0.25) is 0 Å². The Hall–Kier alpha value is -2.75. The lowest BCUT2D eigenvalue weighted by atomic mass is 10.1. The maximum atomic E-state index is 5.87. The Morgan fingerprint density at radius 3 is 2.57 bits per heavy atom. The number of aromatic nitrogens is 2. The van der Waals surface area contributed by atoms with Crippen LogP contribution in [-0.4, -0.2) is 16.2 Å². The lowest BCUT2D eigenvalue weighted by molar-refractivity contribution is 0.303. The molecule has 0 atom stereocenters. The van der Waals surface area contributed by atoms with Gasteiger partial charge >= 0.3 is 0 Å². The zero-order valence-electron chi connectivity index (χ0n) is 13.3. The first-order valence-electron chi connectivity index (χ1n) is 7.80. The minimum Gasteiger partial charge on any atom is -0.491 e. The summed E-state index contributed by atoms with van der Waals surface area (Å²) in [5.74, 6) is 0.750. The standard InChI is InChI=1S/C19H21N3O/c1-15-19(16-8-3-2-4-9-16)21-14-22(15)12-7-13-23-18-11-6-5-10-17(18)20/h2-6,8-11,14H,7,12-13,20H2,1H3. The lowest BCUT2D eigenvalue weighted by Crippen LogP contribution is -2.06. The van der Waals surface area contributed by atoms with Crippen molar-refractivity contribution in [1.29, 1.82) is 0 Å². The highest BCUT2D eigenvalue weighted by Crippen LogP contribution is 2.22. The second-order valence-corrected chi connectivity index (χ2v) is 5.48. The monoisotopic (exact) mass is 307 g/mol. The number of ether oxygens (including phenoxy) is 1. The van der Waals surface area contributed by atoms with Crippen molar-refractivity contribution in [3.63, 3.8) is 0 Å². The van der Waals surface area contributed by atoms with Crippen LogP contribution >= 0.6 is 0 Å². The van der Waals surface area contributed by atoms with Crippen molar-refractivity contribution in [1.82, 2.24) is 9.55 Å². The van der Waals surface area contributed by atoms with Gasteiger partial charge in [0.25, 0.3) is 0 Å². The van der Waals surface area contributed by atoms with Crippen LogP contribution in [0.4, 0.5) is 5.69 Å². The molecule has 0 bridgehead atoms. The number of imidazole rings is 1. The van der Waals surface area contributed by atoms with E-state index in [4.69, 9.17) is 10.5 Å². The fourth-order valence-electron chi connectivity index (χ4n) is 2.58. The zero-order valence-corrected chi connectivity index (χ0v) is 13.3. The number of hydrogen-bond acceptors (Lipinski definition) is 3. The fourth-order valence-corrected chi connectivity index (χ4v) is 2.58. The molecule has 23 heavy (non-hydrogen) atoms. The van der Waals surface area contributed by atoms with Crippen molar-refractivity contribution in [2.45, 2.75) is 19.9 Å². The van der Waals surface area contributed by atoms with Crippen LogP contribution in [0.3, 0.4) is 0 Å². The molecule has 4 nitrogen and oxygen atoms in total. The molecular formula is C19H21N3O. The third-order valence-corrected chi connectivity index (χ3v) is 3.87. The summed E-state index contributed by atoms with van der Waals surface area (Å²) in [5, 5.41) is 0. The van der Waals surface area contributed by atoms with Crippen molar-refractivity contribution in [3.8, 4) is 17.0 Å². The molecule has 0 radical (unpaired) electrons. The van der Waals surface area contributed by atoms with E-state index in [9.17, 15) is 0 Å². The van der Waals surface area contributed by atoms with Gasteiger partial charge in [-0.15, -0.1) is 0 Å². The van der Waals surface area contributed by atoms with Crippen molar-refractivity contribution in [2.24, 2.45) is 0 Å². The SMILES string of the molecule is Cc1c(-c2ccccc2)ncn1CCCOc1ccccc1N. The first kappa shape index (κ1) is 15.2. The minimum absolute atomic E-state index is 0.631. The second-order valence-electron chi connectivity index (χ2n) is 5.48. The lowest BCUT2D eigenvalue weighted by Gasteiger charge is -2.10. The Labute approximate surface area is 136 Å². The summed E-state index contributed by atoms with van der Waals surface area (Å²) in [5.41, 5.74) is 9.91. The van der Waals surface area contributed by atoms with E-state index in [0.29, 0.717) is 12.3 Å². The van der Waals surface area contributed by atoms with Gasteiger partial charge in [-0.05, 0) is 25.5 Å². The van der Waals surface area contributed by atoms with E-state index in [1.54, 1.807) is 0 Å². The molecule has 0 unspecified atom stereocenters. The number of aryl methyl sites for hydroxylation is 1. The van der Waals surface area contributed by atoms with Gasteiger partial charge in [-0.1, -0.05) is 42.5 Å². The molecule has 2 N–H and O–H groups in total. The Balaban J connectivity index is 1.57. The third-order valence-electron chi connectivity index (χ3n) is 3.87. The van der Waals surface area contributed by atoms with Gasteiger partial charge in [0.05, 0.1) is 24.3 Å². The quantitative estimate of drug-likeness (QED) is 0.555. The Bertz CT molecular complexity index is 765. The van der Waals surface area contributed by atoms with Crippen molar-refractivity contribution < 1.29 is 4.74 Å². The Morgan fingerprint density at radius 2 is 1.78 bits per heavy atom. The summed E-state index contributed by atoms with van der Waals surface area (Å²) < 4.78 is 7.90. The number of nitrogens with zero attached hydrogens (tertiary/aromatic N) is 2. The molecule has 118 valence electrons. The number of hydrogen-bond donors (Lipinski definition) is 1. The van der Waals surface area contributed by atoms with Crippen molar-refractivity contribution in [2.75, 3.05) is 12.3 Å². The van der Waals surface area contributed by atoms with Crippen LogP contribution in [0.15, 0.2) is 60.9 Å². The molecule has 0 saturated heterocycles. The predicted octanol–water partition coefficient (Wildman–Crippen LogP) is 3.91. The molecule has 0 aliphatic carbocycles. The van der Waals surface area contributed by atoms with Gasteiger partial charge in [0.15, 0.2) is 0 Å². The fraction of sp³-hybridized carbons (Fsp3) is 0.211. The highest BCUT2D eigenvalue weighted by molar-refractivity contribution is 5.61. The summed E-state index contributed by atoms with van der Waals surface area (Å²) in [6, 6.07) is 17.8. The summed E-state index contributed by atoms with van der Waals surface area (Å²) in [7, 11) is 0. The average Bonchev–Trinajstić information content (AvgIpc) is 2.95. The number of benzene rings is 2. The topological polar surface area (TPSA) is 53.1 Å². The first-order chi connectivity index (χ1) is 11.3. The highest BCUT2D eigenvalue weighted by atomic mass is 16.5. The van der Waals surface area contributed by atoms with Crippen LogP contribution in [0.25, 0.3) is 11.3 Å². The van der Waals surface area contributed by atoms with Gasteiger partial charge in [-0.2, -0.15) is 0 Å². The highest BCUT2D eigenvalue weighted by Gasteiger charge is 2.08. The molecule has 3 rings (SSSR count). The number of rotatable bonds is 6. The number of anilines is 1. The van der Waals surface area contributed by atoms with Crippen molar-refractivity contribution in [3.05, 3.63) is 66.6 Å². The Morgan fingerprint density at radius 1 is 1.04 bits per heavy atom. The molecule has 0 fully saturated rings. The number of nitrogen functional groups attached to an aromatic ring is 1. The van der Waals surface area contributed by atoms with E-state index in [1.165, 1.54) is 5.69 Å². The van der Waals surface area contributed by atoms with E-state index >= 15 is 0 Å². The summed E-state index contributed by atoms with van der Waals surface area (Å²) in [6.07, 6.45) is 2.80. The van der Waals surface area contributed by atoms with Gasteiger partial charge in [-0.3, -0.25) is 0 Å². The summed E-state index contributed by atoms with van der Waals surface area (Å²) in [4.78, 5) is 4.54. The molecular weight excluding hydrogens is 286 g/mol. The number of nitrogens with two attached hydrogens (primary N) is 1. The van der Waals surface area contributed by atoms with Gasteiger partial charge in [0, 0.05) is 17.8 Å². The first-order valence-corrected chi connectivity index (χ1v) is 7.80. The Kier molecular flexibility index (Phi) is 4.62. The molecule has 3 aromatic rings. The summed E-state index contributed by atoms with van der Waals surface area (Å²) >= 11 is 0. The van der Waals surface area contributed by atoms with E-state index in [0.717, 1.165) is 30.0 Å². The van der Waals surface area contributed by atoms with Crippen LogP contribution in [-0.2, 0) is 6.54 Å². The van der Waals surface area contributed by atoms with Crippen LogP contribution in [0.5, 0.6) is 5.75 Å². The third kappa shape index (κ3) is 3.54. The van der Waals surface area contributed by atoms with E-state index in [2.05, 4.69) is 28.6 Å². The molecule has 0 amide bonds. The maximum Gasteiger partial charge on any atom is 0.142 e. The van der Waals surface area contributed by atoms with E-state index < -0.39 is 0 Å². The largest absolute Gasteiger partial charge is 0.491 e. The number of para-hydroxylation sites is 2. The van der Waals surface area contributed by atoms with Gasteiger partial charge < -0.3 is 15.0 Å². The normalized spacial score (nSPS) is 10.7. The van der Waals surface area contributed by atoms with Crippen molar-refractivity contribution >= 4 is 5.69 Å². The molecule has 1 aromatic heterocycles. The van der Waals surface area contributed by atoms with E-state index in [1.807, 2.05) is 48.8 Å². The van der Waals surface area contributed by atoms with Crippen LogP contribution in [0.2, 0.25) is 0 Å².